The fourth-order valence-electron chi connectivity index (χ4n) is 0.822. The second-order valence-electron chi connectivity index (χ2n) is 2.16. The minimum absolute atomic E-state index is 0.244. The molecule has 0 amide bonds. The number of anilines is 1. The van der Waals surface area contributed by atoms with Crippen molar-refractivity contribution in [3.05, 3.63) is 23.6 Å². The summed E-state index contributed by atoms with van der Waals surface area (Å²) in [7, 11) is 0. The zero-order valence-electron chi connectivity index (χ0n) is 6.17. The Morgan fingerprint density at radius 3 is 2.91 bits per heavy atom. The highest BCUT2D eigenvalue weighted by molar-refractivity contribution is 7.97. The van der Waals surface area contributed by atoms with Gasteiger partial charge in [-0.1, -0.05) is 0 Å². The molecule has 11 heavy (non-hydrogen) atoms. The first-order valence-corrected chi connectivity index (χ1v) is 4.52. The minimum atomic E-state index is -0.506. The number of rotatable bonds is 2. The van der Waals surface area contributed by atoms with Crippen LogP contribution in [-0.2, 0) is 5.75 Å². The zero-order chi connectivity index (χ0) is 8.27. The first-order valence-electron chi connectivity index (χ1n) is 3.13. The van der Waals surface area contributed by atoms with Crippen molar-refractivity contribution in [2.24, 2.45) is 0 Å². The van der Waals surface area contributed by atoms with Gasteiger partial charge in [-0.15, -0.1) is 0 Å². The van der Waals surface area contributed by atoms with E-state index in [9.17, 15) is 4.39 Å². The molecule has 2 N–H and O–H groups in total. The topological polar surface area (TPSA) is 38.9 Å². The minimum Gasteiger partial charge on any atom is -0.384 e. The normalized spacial score (nSPS) is 10.0. The molecular formula is C7H9FN2S. The Labute approximate surface area is 69.0 Å². The number of thioether (sulfide) groups is 1. The van der Waals surface area contributed by atoms with Crippen LogP contribution in [0.15, 0.2) is 12.1 Å². The van der Waals surface area contributed by atoms with Gasteiger partial charge in [0.1, 0.15) is 5.82 Å². The van der Waals surface area contributed by atoms with E-state index in [0.717, 1.165) is 11.3 Å². The van der Waals surface area contributed by atoms with Gasteiger partial charge in [0.05, 0.1) is 0 Å². The van der Waals surface area contributed by atoms with Gasteiger partial charge in [-0.2, -0.15) is 16.2 Å². The highest BCUT2D eigenvalue weighted by atomic mass is 32.2. The molecule has 2 nitrogen and oxygen atoms in total. The van der Waals surface area contributed by atoms with Crippen LogP contribution < -0.4 is 5.73 Å². The van der Waals surface area contributed by atoms with Crippen molar-refractivity contribution in [1.82, 2.24) is 4.98 Å². The standard InChI is InChI=1S/C7H9FN2S/c1-11-4-5-2-6(8)10-7(9)3-5/h2-3H,4H2,1H3,(H2,9,10). The molecule has 0 aliphatic carbocycles. The molecule has 4 heteroatoms. The van der Waals surface area contributed by atoms with Crippen LogP contribution in [0, 0.1) is 5.95 Å². The average Bonchev–Trinajstić information content (AvgIpc) is 1.85. The molecule has 1 aromatic rings. The quantitative estimate of drug-likeness (QED) is 0.689. The summed E-state index contributed by atoms with van der Waals surface area (Å²) in [5.41, 5.74) is 6.21. The van der Waals surface area contributed by atoms with Gasteiger partial charge in [-0.3, -0.25) is 0 Å². The van der Waals surface area contributed by atoms with Gasteiger partial charge in [-0.05, 0) is 24.0 Å². The summed E-state index contributed by atoms with van der Waals surface area (Å²) in [6.45, 7) is 0. The molecular weight excluding hydrogens is 163 g/mol. The maximum atomic E-state index is 12.6. The summed E-state index contributed by atoms with van der Waals surface area (Å²) in [6, 6.07) is 3.08. The Bertz CT molecular complexity index is 232. The number of halogens is 1. The van der Waals surface area contributed by atoms with E-state index < -0.39 is 5.95 Å². The van der Waals surface area contributed by atoms with Gasteiger partial charge in [0.2, 0.25) is 5.95 Å². The molecule has 60 valence electrons. The van der Waals surface area contributed by atoms with Crippen molar-refractivity contribution >= 4 is 17.6 Å². The number of nitrogens with two attached hydrogens (primary N) is 1. The van der Waals surface area contributed by atoms with Gasteiger partial charge in [0.15, 0.2) is 0 Å². The van der Waals surface area contributed by atoms with Gasteiger partial charge in [0, 0.05) is 5.75 Å². The Hall–Kier alpha value is -0.770. The van der Waals surface area contributed by atoms with Crippen molar-refractivity contribution in [3.63, 3.8) is 0 Å². The SMILES string of the molecule is CSCc1cc(N)nc(F)c1. The molecule has 0 aliphatic rings. The Balaban J connectivity index is 2.89. The van der Waals surface area contributed by atoms with E-state index >= 15 is 0 Å². The number of hydrogen-bond acceptors (Lipinski definition) is 3. The van der Waals surface area contributed by atoms with Crippen molar-refractivity contribution in [2.45, 2.75) is 5.75 Å². The average molecular weight is 172 g/mol. The zero-order valence-corrected chi connectivity index (χ0v) is 6.99. The lowest BCUT2D eigenvalue weighted by Crippen LogP contribution is -1.94. The van der Waals surface area contributed by atoms with Crippen LogP contribution >= 0.6 is 11.8 Å². The lowest BCUT2D eigenvalue weighted by molar-refractivity contribution is 0.584. The molecule has 1 aromatic heterocycles. The smallest absolute Gasteiger partial charge is 0.215 e. The van der Waals surface area contributed by atoms with E-state index in [4.69, 9.17) is 5.73 Å². The molecule has 0 saturated heterocycles. The van der Waals surface area contributed by atoms with Crippen LogP contribution in [-0.4, -0.2) is 11.2 Å². The molecule has 0 atom stereocenters. The number of aromatic nitrogens is 1. The lowest BCUT2D eigenvalue weighted by Gasteiger charge is -1.98. The van der Waals surface area contributed by atoms with Gasteiger partial charge < -0.3 is 5.73 Å². The Morgan fingerprint density at radius 1 is 1.64 bits per heavy atom. The molecule has 0 radical (unpaired) electrons. The number of hydrogen-bond donors (Lipinski definition) is 1. The molecule has 1 heterocycles. The predicted octanol–water partition coefficient (Wildman–Crippen LogP) is 1.67. The molecule has 0 aromatic carbocycles. The summed E-state index contributed by atoms with van der Waals surface area (Å²) in [4.78, 5) is 3.42. The highest BCUT2D eigenvalue weighted by Crippen LogP contribution is 2.11. The molecule has 0 unspecified atom stereocenters. The Morgan fingerprint density at radius 2 is 2.36 bits per heavy atom. The van der Waals surface area contributed by atoms with Crippen molar-refractivity contribution in [3.8, 4) is 0 Å². The maximum absolute atomic E-state index is 12.6. The lowest BCUT2D eigenvalue weighted by atomic mass is 10.3. The van der Waals surface area contributed by atoms with E-state index in [0.29, 0.717) is 0 Å². The van der Waals surface area contributed by atoms with E-state index in [2.05, 4.69) is 4.98 Å². The highest BCUT2D eigenvalue weighted by Gasteiger charge is 1.97. The first-order chi connectivity index (χ1) is 5.22. The van der Waals surface area contributed by atoms with E-state index in [1.54, 1.807) is 17.8 Å². The second-order valence-corrected chi connectivity index (χ2v) is 3.02. The third-order valence-electron chi connectivity index (χ3n) is 1.18. The van der Waals surface area contributed by atoms with E-state index in [1.807, 2.05) is 6.26 Å². The van der Waals surface area contributed by atoms with Crippen molar-refractivity contribution in [2.75, 3.05) is 12.0 Å². The molecule has 0 aliphatic heterocycles. The number of nitrogens with zero attached hydrogens (tertiary/aromatic N) is 1. The monoisotopic (exact) mass is 172 g/mol. The summed E-state index contributed by atoms with van der Waals surface area (Å²) in [5, 5.41) is 0. The summed E-state index contributed by atoms with van der Waals surface area (Å²) >= 11 is 1.62. The van der Waals surface area contributed by atoms with Crippen LogP contribution in [0.25, 0.3) is 0 Å². The first kappa shape index (κ1) is 8.33. The van der Waals surface area contributed by atoms with Crippen LogP contribution in [0.4, 0.5) is 10.2 Å². The fourth-order valence-corrected chi connectivity index (χ4v) is 1.32. The Kier molecular flexibility index (Phi) is 2.70. The largest absolute Gasteiger partial charge is 0.384 e. The molecule has 0 bridgehead atoms. The summed E-state index contributed by atoms with van der Waals surface area (Å²) < 4.78 is 12.6. The van der Waals surface area contributed by atoms with Gasteiger partial charge in [-0.25, -0.2) is 4.98 Å². The summed E-state index contributed by atoms with van der Waals surface area (Å²) in [5.74, 6) is 0.506. The van der Waals surface area contributed by atoms with Gasteiger partial charge >= 0.3 is 0 Å². The van der Waals surface area contributed by atoms with Crippen LogP contribution in [0.2, 0.25) is 0 Å². The predicted molar refractivity (Wildman–Crippen MR) is 45.8 cm³/mol. The molecule has 0 fully saturated rings. The number of nitrogen functional groups attached to an aromatic ring is 1. The molecule has 0 spiro atoms. The van der Waals surface area contributed by atoms with Crippen LogP contribution in [0.1, 0.15) is 5.56 Å². The third-order valence-corrected chi connectivity index (χ3v) is 1.81. The van der Waals surface area contributed by atoms with Crippen LogP contribution in [0.5, 0.6) is 0 Å². The number of pyridine rings is 1. The summed E-state index contributed by atoms with van der Waals surface area (Å²) in [6.07, 6.45) is 1.95. The van der Waals surface area contributed by atoms with Crippen LogP contribution in [0.3, 0.4) is 0 Å². The molecule has 0 saturated carbocycles. The van der Waals surface area contributed by atoms with Crippen molar-refractivity contribution in [1.29, 1.82) is 0 Å². The maximum Gasteiger partial charge on any atom is 0.215 e. The second kappa shape index (κ2) is 3.57. The van der Waals surface area contributed by atoms with Crippen molar-refractivity contribution < 1.29 is 4.39 Å². The van der Waals surface area contributed by atoms with Gasteiger partial charge in [0.25, 0.3) is 0 Å². The fraction of sp³-hybridized carbons (Fsp3) is 0.286. The third kappa shape index (κ3) is 2.38. The van der Waals surface area contributed by atoms with E-state index in [1.165, 1.54) is 6.07 Å². The molecule has 1 rings (SSSR count). The van der Waals surface area contributed by atoms with E-state index in [-0.39, 0.29) is 5.82 Å².